The molecule has 3 N–H and O–H groups in total. The van der Waals surface area contributed by atoms with E-state index < -0.39 is 0 Å². The number of benzene rings is 2. The Morgan fingerprint density at radius 2 is 1.71 bits per heavy atom. The summed E-state index contributed by atoms with van der Waals surface area (Å²) in [4.78, 5) is 22.8. The first kappa shape index (κ1) is 26.5. The van der Waals surface area contributed by atoms with Crippen molar-refractivity contribution in [1.82, 2.24) is 20.2 Å². The number of likely N-dealkylation sites (N-methyl/N-ethyl adjacent to an activating group) is 1. The minimum Gasteiger partial charge on any atom is -0.351 e. The Balaban J connectivity index is 0.00000240. The fourth-order valence-electron chi connectivity index (χ4n) is 2.52. The van der Waals surface area contributed by atoms with Crippen molar-refractivity contribution >= 4 is 65.5 Å². The van der Waals surface area contributed by atoms with Crippen molar-refractivity contribution in [3.05, 3.63) is 71.4 Å². The summed E-state index contributed by atoms with van der Waals surface area (Å²) in [5, 5.41) is 9.81. The van der Waals surface area contributed by atoms with Crippen molar-refractivity contribution in [3.63, 3.8) is 0 Å². The molecule has 1 amide bonds. The number of aromatic nitrogens is 2. The third-order valence-electron chi connectivity index (χ3n) is 4.04. The van der Waals surface area contributed by atoms with Gasteiger partial charge < -0.3 is 20.9 Å². The topological polar surface area (TPSA) is 82.2 Å². The van der Waals surface area contributed by atoms with Crippen LogP contribution in [0.2, 0.25) is 5.02 Å². The molecule has 0 saturated heterocycles. The molecule has 0 atom stereocenters. The molecule has 0 aliphatic carbocycles. The number of nitrogens with one attached hydrogen (secondary N) is 3. The highest BCUT2D eigenvalue weighted by Gasteiger charge is 2.06. The molecule has 0 fully saturated rings. The molecule has 0 unspecified atom stereocenters. The molecular weight excluding hydrogens is 459 g/mol. The Labute approximate surface area is 199 Å². The van der Waals surface area contributed by atoms with Gasteiger partial charge in [-0.1, -0.05) is 23.7 Å². The molecule has 3 aromatic rings. The first-order chi connectivity index (χ1) is 14.0. The summed E-state index contributed by atoms with van der Waals surface area (Å²) in [7, 11) is 3.93. The molecule has 166 valence electrons. The molecule has 0 aliphatic rings. The van der Waals surface area contributed by atoms with E-state index in [0.29, 0.717) is 28.9 Å². The van der Waals surface area contributed by atoms with Crippen LogP contribution in [0.1, 0.15) is 10.4 Å². The summed E-state index contributed by atoms with van der Waals surface area (Å²) in [6, 6.07) is 16.4. The number of anilines is 4. The largest absolute Gasteiger partial charge is 0.351 e. The number of para-hydroxylation sites is 1. The van der Waals surface area contributed by atoms with Crippen LogP contribution in [0, 0.1) is 0 Å². The number of hydrogen-bond donors (Lipinski definition) is 3. The molecule has 0 radical (unpaired) electrons. The first-order valence-corrected chi connectivity index (χ1v) is 9.54. The fourth-order valence-corrected chi connectivity index (χ4v) is 2.70. The second-order valence-electron chi connectivity index (χ2n) is 6.63. The second-order valence-corrected chi connectivity index (χ2v) is 7.04. The van der Waals surface area contributed by atoms with Crippen LogP contribution in [0.3, 0.4) is 0 Å². The minimum absolute atomic E-state index is 0. The zero-order valence-electron chi connectivity index (χ0n) is 17.1. The summed E-state index contributed by atoms with van der Waals surface area (Å²) in [5.41, 5.74) is 2.15. The number of carbonyl (C=O) groups is 1. The van der Waals surface area contributed by atoms with Gasteiger partial charge in [-0.3, -0.25) is 4.79 Å². The number of halogens is 3. The van der Waals surface area contributed by atoms with Gasteiger partial charge in [-0.25, -0.2) is 4.98 Å². The van der Waals surface area contributed by atoms with E-state index in [-0.39, 0.29) is 30.7 Å². The number of hydrogen-bond acceptors (Lipinski definition) is 6. The zero-order valence-corrected chi connectivity index (χ0v) is 19.5. The molecule has 1 heterocycles. The predicted molar refractivity (Wildman–Crippen MR) is 132 cm³/mol. The predicted octanol–water partition coefficient (Wildman–Crippen LogP) is 4.75. The van der Waals surface area contributed by atoms with Gasteiger partial charge in [-0.15, -0.1) is 24.8 Å². The third-order valence-corrected chi connectivity index (χ3v) is 4.37. The number of rotatable bonds is 8. The molecular formula is C21H25Cl3N6O. The average Bonchev–Trinajstić information content (AvgIpc) is 2.70. The lowest BCUT2D eigenvalue weighted by molar-refractivity contribution is 0.0951. The van der Waals surface area contributed by atoms with E-state index in [1.165, 1.54) is 0 Å². The Bertz CT molecular complexity index is 969. The van der Waals surface area contributed by atoms with Gasteiger partial charge in [0.2, 0.25) is 5.95 Å². The summed E-state index contributed by atoms with van der Waals surface area (Å²) in [6.45, 7) is 1.40. The van der Waals surface area contributed by atoms with E-state index in [9.17, 15) is 4.79 Å². The molecule has 10 heteroatoms. The lowest BCUT2D eigenvalue weighted by Gasteiger charge is -2.11. The van der Waals surface area contributed by atoms with Crippen LogP contribution in [0.25, 0.3) is 0 Å². The molecule has 7 nitrogen and oxygen atoms in total. The monoisotopic (exact) mass is 482 g/mol. The molecule has 3 rings (SSSR count). The average molecular weight is 484 g/mol. The van der Waals surface area contributed by atoms with Crippen LogP contribution < -0.4 is 16.0 Å². The molecule has 1 aromatic heterocycles. The maximum atomic E-state index is 12.1. The normalized spacial score (nSPS) is 9.94. The Morgan fingerprint density at radius 3 is 2.39 bits per heavy atom. The lowest BCUT2D eigenvalue weighted by Crippen LogP contribution is -2.31. The molecule has 2 aromatic carbocycles. The summed E-state index contributed by atoms with van der Waals surface area (Å²) in [6.07, 6.45) is 1.65. The van der Waals surface area contributed by atoms with Gasteiger partial charge in [0.05, 0.1) is 10.7 Å². The summed E-state index contributed by atoms with van der Waals surface area (Å²) in [5.74, 6) is 0.957. The Kier molecular flexibility index (Phi) is 11.1. The van der Waals surface area contributed by atoms with Crippen molar-refractivity contribution < 1.29 is 4.79 Å². The van der Waals surface area contributed by atoms with Gasteiger partial charge in [0.15, 0.2) is 0 Å². The van der Waals surface area contributed by atoms with E-state index in [1.807, 2.05) is 55.4 Å². The Hall–Kier alpha value is -2.58. The standard InChI is InChI=1S/C21H23ClN6O.2ClH/c1-28(2)14-13-23-20(29)15-7-9-16(10-8-15)25-21-24-12-11-19(27-21)26-18-6-4-3-5-17(18)22;;/h3-12H,13-14H2,1-2H3,(H,23,29)(H2,24,25,26,27);2*1H. The van der Waals surface area contributed by atoms with Crippen molar-refractivity contribution in [2.24, 2.45) is 0 Å². The highest BCUT2D eigenvalue weighted by molar-refractivity contribution is 6.33. The van der Waals surface area contributed by atoms with Crippen molar-refractivity contribution in [3.8, 4) is 0 Å². The quantitative estimate of drug-likeness (QED) is 0.429. The molecule has 0 aliphatic heterocycles. The lowest BCUT2D eigenvalue weighted by atomic mass is 10.2. The second kappa shape index (κ2) is 13.0. The van der Waals surface area contributed by atoms with Crippen LogP contribution in [0.4, 0.5) is 23.1 Å². The Morgan fingerprint density at radius 1 is 1.00 bits per heavy atom. The van der Waals surface area contributed by atoms with E-state index in [0.717, 1.165) is 17.9 Å². The third kappa shape index (κ3) is 8.22. The SMILES string of the molecule is CN(C)CCNC(=O)c1ccc(Nc2nccc(Nc3ccccc3Cl)n2)cc1.Cl.Cl. The van der Waals surface area contributed by atoms with Gasteiger partial charge in [0.1, 0.15) is 5.82 Å². The van der Waals surface area contributed by atoms with E-state index in [2.05, 4.69) is 25.9 Å². The molecule has 0 spiro atoms. The van der Waals surface area contributed by atoms with Gasteiger partial charge >= 0.3 is 0 Å². The highest BCUT2D eigenvalue weighted by atomic mass is 35.5. The summed E-state index contributed by atoms with van der Waals surface area (Å²) < 4.78 is 0. The summed E-state index contributed by atoms with van der Waals surface area (Å²) >= 11 is 6.17. The molecule has 0 saturated carbocycles. The van der Waals surface area contributed by atoms with Crippen molar-refractivity contribution in [1.29, 1.82) is 0 Å². The number of amides is 1. The van der Waals surface area contributed by atoms with Crippen molar-refractivity contribution in [2.45, 2.75) is 0 Å². The zero-order chi connectivity index (χ0) is 20.6. The smallest absolute Gasteiger partial charge is 0.251 e. The minimum atomic E-state index is -0.0967. The van der Waals surface area contributed by atoms with Crippen LogP contribution in [0.5, 0.6) is 0 Å². The van der Waals surface area contributed by atoms with Gasteiger partial charge in [-0.2, -0.15) is 4.98 Å². The molecule has 31 heavy (non-hydrogen) atoms. The highest BCUT2D eigenvalue weighted by Crippen LogP contribution is 2.24. The van der Waals surface area contributed by atoms with Gasteiger partial charge in [0.25, 0.3) is 5.91 Å². The van der Waals surface area contributed by atoms with E-state index in [1.54, 1.807) is 24.4 Å². The van der Waals surface area contributed by atoms with Crippen LogP contribution in [0.15, 0.2) is 60.8 Å². The van der Waals surface area contributed by atoms with Crippen LogP contribution in [-0.4, -0.2) is 48.0 Å². The van der Waals surface area contributed by atoms with Gasteiger partial charge in [-0.05, 0) is 56.6 Å². The first-order valence-electron chi connectivity index (χ1n) is 9.16. The van der Waals surface area contributed by atoms with Gasteiger partial charge in [0, 0.05) is 30.5 Å². The maximum absolute atomic E-state index is 12.1. The van der Waals surface area contributed by atoms with Crippen molar-refractivity contribution in [2.75, 3.05) is 37.8 Å². The number of carbonyl (C=O) groups excluding carboxylic acids is 1. The fraction of sp³-hybridized carbons (Fsp3) is 0.190. The van der Waals surface area contributed by atoms with Crippen LogP contribution >= 0.6 is 36.4 Å². The van der Waals surface area contributed by atoms with Crippen LogP contribution in [-0.2, 0) is 0 Å². The number of nitrogens with zero attached hydrogens (tertiary/aromatic N) is 3. The maximum Gasteiger partial charge on any atom is 0.251 e. The van der Waals surface area contributed by atoms with E-state index in [4.69, 9.17) is 11.6 Å². The van der Waals surface area contributed by atoms with E-state index >= 15 is 0 Å². The molecule has 0 bridgehead atoms.